The molecule has 0 saturated heterocycles. The van der Waals surface area contributed by atoms with E-state index in [4.69, 9.17) is 0 Å². The van der Waals surface area contributed by atoms with Gasteiger partial charge in [0.15, 0.2) is 0 Å². The molecule has 3 rings (SSSR count). The van der Waals surface area contributed by atoms with Crippen molar-refractivity contribution >= 4 is 0 Å². The topological polar surface area (TPSA) is 0 Å². The Bertz CT molecular complexity index is 362. The van der Waals surface area contributed by atoms with E-state index in [0.717, 1.165) is 6.42 Å². The molecule has 1 fully saturated rings. The molecule has 0 atom stereocenters. The summed E-state index contributed by atoms with van der Waals surface area (Å²) in [5, 5.41) is 0. The molecule has 0 heteroatoms. The molecule has 0 radical (unpaired) electrons. The summed E-state index contributed by atoms with van der Waals surface area (Å²) in [5.41, 5.74) is 1.41. The maximum absolute atomic E-state index is 2.16. The Morgan fingerprint density at radius 3 is 0.615 bits per heavy atom. The van der Waals surface area contributed by atoms with E-state index < -0.39 is 0 Å². The quantitative estimate of drug-likeness (QED) is 0.330. The Hall–Kier alpha value is -1.56. The van der Waals surface area contributed by atoms with Gasteiger partial charge < -0.3 is 0 Å². The highest BCUT2D eigenvalue weighted by atomic mass is 14.0. The van der Waals surface area contributed by atoms with Crippen LogP contribution in [0.5, 0.6) is 0 Å². The Morgan fingerprint density at radius 2 is 0.487 bits per heavy atom. The van der Waals surface area contributed by atoms with Crippen LogP contribution in [-0.4, -0.2) is 0 Å². The zero-order valence-corrected chi connectivity index (χ0v) is 31.5. The summed E-state index contributed by atoms with van der Waals surface area (Å²) in [4.78, 5) is 0. The predicted octanol–water partition coefficient (Wildman–Crippen LogP) is 15.9. The number of rotatable bonds is 1. The summed E-state index contributed by atoms with van der Waals surface area (Å²) in [6, 6.07) is 22.5. The van der Waals surface area contributed by atoms with Crippen molar-refractivity contribution in [2.24, 2.45) is 0 Å². The van der Waals surface area contributed by atoms with Gasteiger partial charge in [-0.05, 0) is 12.0 Å². The van der Waals surface area contributed by atoms with E-state index in [0.29, 0.717) is 0 Å². The average Bonchev–Trinajstić information content (AvgIpc) is 3.11. The van der Waals surface area contributed by atoms with E-state index in [1.807, 2.05) is 153 Å². The average molecular weight is 553 g/mol. The van der Waals surface area contributed by atoms with Crippen LogP contribution in [0.3, 0.4) is 0 Å². The smallest absolute Gasteiger partial charge is 0.0307 e. The van der Waals surface area contributed by atoms with Crippen molar-refractivity contribution in [3.05, 3.63) is 72.3 Å². The second kappa shape index (κ2) is 110. The Balaban J connectivity index is -0.0000000383. The lowest BCUT2D eigenvalue weighted by atomic mass is 10.0. The zero-order chi connectivity index (χ0) is 33.0. The van der Waals surface area contributed by atoms with Crippen molar-refractivity contribution in [1.29, 1.82) is 0 Å². The Labute approximate surface area is 254 Å². The minimum atomic E-state index is 1.14. The third-order valence-corrected chi connectivity index (χ3v) is 3.42. The third-order valence-electron chi connectivity index (χ3n) is 3.42. The molecule has 0 nitrogen and oxygen atoms in total. The fourth-order valence-electron chi connectivity index (χ4n) is 2.16. The molecule has 0 N–H and O–H groups in total. The summed E-state index contributed by atoms with van der Waals surface area (Å²) in [7, 11) is 0. The predicted molar refractivity (Wildman–Crippen MR) is 197 cm³/mol. The molecule has 240 valence electrons. The highest BCUT2D eigenvalue weighted by Gasteiger charge is 1.95. The van der Waals surface area contributed by atoms with Crippen LogP contribution in [0.2, 0.25) is 0 Å². The van der Waals surface area contributed by atoms with Crippen molar-refractivity contribution in [2.75, 3.05) is 0 Å². The lowest BCUT2D eigenvalue weighted by Crippen LogP contribution is -1.85. The van der Waals surface area contributed by atoms with Crippen LogP contribution >= 0.6 is 0 Å². The first kappa shape index (κ1) is 61.5. The number of benzene rings is 2. The van der Waals surface area contributed by atoms with Crippen LogP contribution in [0.1, 0.15) is 182 Å². The first-order chi connectivity index (χ1) is 19.3. The van der Waals surface area contributed by atoms with Gasteiger partial charge in [-0.25, -0.2) is 0 Å². The van der Waals surface area contributed by atoms with Crippen LogP contribution in [0.25, 0.3) is 0 Å². The normalized spacial score (nSPS) is 8.49. The van der Waals surface area contributed by atoms with Gasteiger partial charge in [-0.1, -0.05) is 243 Å². The summed E-state index contributed by atoms with van der Waals surface area (Å²) in [5.74, 6) is 0. The zero-order valence-electron chi connectivity index (χ0n) is 31.5. The maximum atomic E-state index is 2.16. The van der Waals surface area contributed by atoms with E-state index in [1.165, 1.54) is 50.5 Å². The van der Waals surface area contributed by atoms with Gasteiger partial charge in [0.25, 0.3) is 0 Å². The van der Waals surface area contributed by atoms with Gasteiger partial charge >= 0.3 is 0 Å². The second-order valence-electron chi connectivity index (χ2n) is 5.82. The molecule has 0 amide bonds. The van der Waals surface area contributed by atoms with E-state index in [9.17, 15) is 0 Å². The Morgan fingerprint density at radius 1 is 0.333 bits per heavy atom. The van der Waals surface area contributed by atoms with Crippen molar-refractivity contribution in [3.8, 4) is 0 Å². The fraction of sp³-hybridized carbons (Fsp3) is 0.692. The van der Waals surface area contributed by atoms with Gasteiger partial charge in [0.2, 0.25) is 0 Å². The fourth-order valence-corrected chi connectivity index (χ4v) is 2.16. The van der Waals surface area contributed by atoms with Crippen LogP contribution < -0.4 is 0 Å². The molecule has 1 aliphatic carbocycles. The minimum absolute atomic E-state index is 1.14. The highest BCUT2D eigenvalue weighted by Crippen LogP contribution is 2.15. The van der Waals surface area contributed by atoms with Crippen molar-refractivity contribution in [1.82, 2.24) is 0 Å². The van der Waals surface area contributed by atoms with Gasteiger partial charge in [-0.15, -0.1) is 0 Å². The van der Waals surface area contributed by atoms with Crippen molar-refractivity contribution in [2.45, 2.75) is 183 Å². The van der Waals surface area contributed by atoms with Crippen LogP contribution in [-0.2, 0) is 6.42 Å². The van der Waals surface area contributed by atoms with E-state index >= 15 is 0 Å². The van der Waals surface area contributed by atoms with Crippen LogP contribution in [0.4, 0.5) is 0 Å². The van der Waals surface area contributed by atoms with Gasteiger partial charge in [0, 0.05) is 0 Å². The summed E-state index contributed by atoms with van der Waals surface area (Å²) in [6.45, 7) is 38.4. The number of hydrogen-bond acceptors (Lipinski definition) is 0. The first-order valence-electron chi connectivity index (χ1n) is 17.4. The molecule has 2 aromatic carbocycles. The molecule has 0 spiro atoms. The number of aryl methyl sites for hydroxylation is 1. The molecular weight excluding hydrogens is 468 g/mol. The van der Waals surface area contributed by atoms with Gasteiger partial charge in [-0.2, -0.15) is 0 Å². The van der Waals surface area contributed by atoms with Crippen molar-refractivity contribution in [3.63, 3.8) is 0 Å². The maximum Gasteiger partial charge on any atom is -0.0307 e. The minimum Gasteiger partial charge on any atom is -0.0683 e. The lowest BCUT2D eigenvalue weighted by Gasteiger charge is -2.05. The molecule has 0 aliphatic heterocycles. The summed E-state index contributed by atoms with van der Waals surface area (Å²) < 4.78 is 0. The second-order valence-corrected chi connectivity index (χ2v) is 5.82. The summed E-state index contributed by atoms with van der Waals surface area (Å²) in [6.07, 6.45) is 11.4. The lowest BCUT2D eigenvalue weighted by molar-refractivity contribution is 0.504. The van der Waals surface area contributed by atoms with Crippen molar-refractivity contribution < 1.29 is 0 Å². The van der Waals surface area contributed by atoms with Crippen LogP contribution in [0.15, 0.2) is 66.7 Å². The summed E-state index contributed by atoms with van der Waals surface area (Å²) >= 11 is 0. The van der Waals surface area contributed by atoms with Gasteiger partial charge in [0.05, 0.1) is 0 Å². The molecule has 0 aromatic heterocycles. The van der Waals surface area contributed by atoms with E-state index in [-0.39, 0.29) is 0 Å². The molecule has 39 heavy (non-hydrogen) atoms. The molecule has 2 aromatic rings. The van der Waals surface area contributed by atoms with E-state index in [1.54, 1.807) is 0 Å². The van der Waals surface area contributed by atoms with E-state index in [2.05, 4.69) is 45.0 Å². The molecule has 0 bridgehead atoms. The molecule has 0 unspecified atom stereocenters. The molecular formula is C39H84. The van der Waals surface area contributed by atoms with Crippen LogP contribution in [0, 0.1) is 0 Å². The van der Waals surface area contributed by atoms with Gasteiger partial charge in [-0.3, -0.25) is 0 Å². The Kier molecular flexibility index (Phi) is 173. The first-order valence-corrected chi connectivity index (χ1v) is 17.4. The molecule has 1 saturated carbocycles. The molecule has 0 heterocycles. The van der Waals surface area contributed by atoms with Gasteiger partial charge in [0.1, 0.15) is 0 Å². The molecule has 1 aliphatic rings. The highest BCUT2D eigenvalue weighted by molar-refractivity contribution is 5.13. The monoisotopic (exact) mass is 553 g/mol. The number of hydrogen-bond donors (Lipinski definition) is 0. The SMILES string of the molecule is C1CCCCC1.CC.CC.CC.CC.CC.CC.CC.CC.CCC.CCc1ccccc1.c1ccccc1. The standard InChI is InChI=1S/C8H10.C6H12.C6H6.C3H8.8C2H6/c1-2-8-6-4-3-5-7-8;2*1-2-4-6-5-3-1;1-3-2;8*1-2/h3-7H,2H2,1H3;1-6H2;1-6H;3H2,1-2H3;8*1-2H3. The largest absolute Gasteiger partial charge is 0.0683 e. The third kappa shape index (κ3) is 103.